The van der Waals surface area contributed by atoms with Gasteiger partial charge >= 0.3 is 5.97 Å². The zero-order valence-corrected chi connectivity index (χ0v) is 10.8. The smallest absolute Gasteiger partial charge is 0.373 e. The first kappa shape index (κ1) is 11.8. The average Bonchev–Trinajstić information content (AvgIpc) is 2.81. The van der Waals surface area contributed by atoms with E-state index < -0.39 is 5.97 Å². The highest BCUT2D eigenvalue weighted by molar-refractivity contribution is 5.86. The van der Waals surface area contributed by atoms with Crippen molar-refractivity contribution in [2.24, 2.45) is 17.8 Å². The topological polar surface area (TPSA) is 51.5 Å². The van der Waals surface area contributed by atoms with Crippen molar-refractivity contribution in [2.45, 2.75) is 25.3 Å². The quantitative estimate of drug-likeness (QED) is 0.832. The number of rotatable bonds is 4. The first-order valence-corrected chi connectivity index (χ1v) is 6.61. The molecule has 2 aliphatic carbocycles. The standard InChI is InChI=1S/C14H19NO3/c1-15-13(12-8-4-3-5-9(8)12)10-6-7-11(18-10)14(16)17-2/h6-9,12-13,15H,3-5H2,1-2H3. The largest absolute Gasteiger partial charge is 0.463 e. The third-order valence-electron chi connectivity index (χ3n) is 4.49. The van der Waals surface area contributed by atoms with Gasteiger partial charge in [-0.05, 0) is 49.8 Å². The first-order chi connectivity index (χ1) is 8.76. The van der Waals surface area contributed by atoms with Crippen molar-refractivity contribution in [3.63, 3.8) is 0 Å². The minimum Gasteiger partial charge on any atom is -0.463 e. The number of esters is 1. The molecule has 2 aliphatic rings. The van der Waals surface area contributed by atoms with E-state index >= 15 is 0 Å². The number of fused-ring (bicyclic) bond motifs is 1. The number of nitrogens with one attached hydrogen (secondary N) is 1. The van der Waals surface area contributed by atoms with Crippen LogP contribution < -0.4 is 5.32 Å². The van der Waals surface area contributed by atoms with Crippen molar-refractivity contribution in [1.82, 2.24) is 5.32 Å². The normalized spacial score (nSPS) is 30.9. The Morgan fingerprint density at radius 2 is 2.17 bits per heavy atom. The van der Waals surface area contributed by atoms with Gasteiger partial charge in [0.05, 0.1) is 13.2 Å². The maximum absolute atomic E-state index is 11.4. The Morgan fingerprint density at radius 1 is 1.44 bits per heavy atom. The summed E-state index contributed by atoms with van der Waals surface area (Å²) >= 11 is 0. The summed E-state index contributed by atoms with van der Waals surface area (Å²) in [4.78, 5) is 11.4. The van der Waals surface area contributed by atoms with Crippen molar-refractivity contribution in [3.05, 3.63) is 23.7 Å². The van der Waals surface area contributed by atoms with Gasteiger partial charge in [-0.3, -0.25) is 0 Å². The molecule has 2 fully saturated rings. The molecule has 4 nitrogen and oxygen atoms in total. The van der Waals surface area contributed by atoms with E-state index in [9.17, 15) is 4.79 Å². The Morgan fingerprint density at radius 3 is 2.78 bits per heavy atom. The van der Waals surface area contributed by atoms with Gasteiger partial charge in [0.1, 0.15) is 5.76 Å². The molecule has 0 amide bonds. The Hall–Kier alpha value is -1.29. The molecule has 3 rings (SSSR count). The van der Waals surface area contributed by atoms with Crippen LogP contribution in [0.15, 0.2) is 16.5 Å². The van der Waals surface area contributed by atoms with Crippen molar-refractivity contribution in [2.75, 3.05) is 14.2 Å². The molecule has 1 N–H and O–H groups in total. The Labute approximate surface area is 107 Å². The van der Waals surface area contributed by atoms with Crippen molar-refractivity contribution in [1.29, 1.82) is 0 Å². The van der Waals surface area contributed by atoms with E-state index in [0.29, 0.717) is 11.7 Å². The van der Waals surface area contributed by atoms with E-state index in [4.69, 9.17) is 4.42 Å². The van der Waals surface area contributed by atoms with E-state index in [2.05, 4.69) is 10.1 Å². The van der Waals surface area contributed by atoms with Crippen LogP contribution in [-0.4, -0.2) is 20.1 Å². The highest BCUT2D eigenvalue weighted by Crippen LogP contribution is 2.62. The maximum Gasteiger partial charge on any atom is 0.373 e. The molecule has 0 spiro atoms. The fourth-order valence-electron chi connectivity index (χ4n) is 3.63. The predicted octanol–water partition coefficient (Wildman–Crippen LogP) is 2.37. The minimum absolute atomic E-state index is 0.235. The number of carbonyl (C=O) groups is 1. The minimum atomic E-state index is -0.410. The number of hydrogen-bond donors (Lipinski definition) is 1. The molecule has 4 heteroatoms. The molecule has 0 saturated heterocycles. The summed E-state index contributed by atoms with van der Waals surface area (Å²) < 4.78 is 10.3. The van der Waals surface area contributed by atoms with Gasteiger partial charge in [0.15, 0.2) is 0 Å². The highest BCUT2D eigenvalue weighted by atomic mass is 16.5. The van der Waals surface area contributed by atoms with Gasteiger partial charge in [0.25, 0.3) is 0 Å². The van der Waals surface area contributed by atoms with Crippen LogP contribution in [0.25, 0.3) is 0 Å². The number of carbonyl (C=O) groups excluding carboxylic acids is 1. The van der Waals surface area contributed by atoms with Gasteiger partial charge in [0.2, 0.25) is 5.76 Å². The molecule has 1 heterocycles. The predicted molar refractivity (Wildman–Crippen MR) is 66.2 cm³/mol. The summed E-state index contributed by atoms with van der Waals surface area (Å²) in [5.74, 6) is 3.13. The Balaban J connectivity index is 1.76. The summed E-state index contributed by atoms with van der Waals surface area (Å²) in [6.07, 6.45) is 4.06. The van der Waals surface area contributed by atoms with E-state index in [-0.39, 0.29) is 6.04 Å². The zero-order valence-electron chi connectivity index (χ0n) is 10.8. The second-order valence-electron chi connectivity index (χ2n) is 5.30. The lowest BCUT2D eigenvalue weighted by molar-refractivity contribution is 0.0561. The summed E-state index contributed by atoms with van der Waals surface area (Å²) in [5, 5.41) is 3.33. The zero-order chi connectivity index (χ0) is 12.7. The van der Waals surface area contributed by atoms with E-state index in [0.717, 1.165) is 17.6 Å². The molecule has 0 bridgehead atoms. The molecule has 98 valence electrons. The van der Waals surface area contributed by atoms with Crippen LogP contribution in [0.3, 0.4) is 0 Å². The van der Waals surface area contributed by atoms with Gasteiger partial charge in [0, 0.05) is 0 Å². The molecular formula is C14H19NO3. The van der Waals surface area contributed by atoms with Crippen molar-refractivity contribution < 1.29 is 13.9 Å². The van der Waals surface area contributed by atoms with E-state index in [1.54, 1.807) is 6.07 Å². The number of methoxy groups -OCH3 is 1. The SMILES string of the molecule is CNC(c1ccc(C(=O)OC)o1)C1C2CCCC21. The second-order valence-corrected chi connectivity index (χ2v) is 5.30. The molecule has 3 atom stereocenters. The summed E-state index contributed by atoms with van der Waals surface area (Å²) in [5.41, 5.74) is 0. The lowest BCUT2D eigenvalue weighted by Gasteiger charge is -2.15. The van der Waals surface area contributed by atoms with Crippen LogP contribution in [0.1, 0.15) is 41.6 Å². The third-order valence-corrected chi connectivity index (χ3v) is 4.49. The fraction of sp³-hybridized carbons (Fsp3) is 0.643. The summed E-state index contributed by atoms with van der Waals surface area (Å²) in [6.45, 7) is 0. The molecule has 0 aromatic carbocycles. The average molecular weight is 249 g/mol. The fourth-order valence-corrected chi connectivity index (χ4v) is 3.63. The van der Waals surface area contributed by atoms with Gasteiger partial charge in [-0.1, -0.05) is 6.42 Å². The monoisotopic (exact) mass is 249 g/mol. The van der Waals surface area contributed by atoms with Gasteiger partial charge in [-0.2, -0.15) is 0 Å². The van der Waals surface area contributed by atoms with Crippen LogP contribution in [0.2, 0.25) is 0 Å². The Kier molecular flexibility index (Phi) is 2.90. The molecule has 1 aromatic heterocycles. The van der Waals surface area contributed by atoms with Crippen LogP contribution in [0, 0.1) is 17.8 Å². The maximum atomic E-state index is 11.4. The van der Waals surface area contributed by atoms with Gasteiger partial charge in [-0.15, -0.1) is 0 Å². The molecule has 2 saturated carbocycles. The summed E-state index contributed by atoms with van der Waals surface area (Å²) in [7, 11) is 3.32. The number of hydrogen-bond acceptors (Lipinski definition) is 4. The number of ether oxygens (including phenoxy) is 1. The molecular weight excluding hydrogens is 230 g/mol. The lowest BCUT2D eigenvalue weighted by Crippen LogP contribution is -2.20. The summed E-state index contributed by atoms with van der Waals surface area (Å²) in [6, 6.07) is 3.82. The van der Waals surface area contributed by atoms with Gasteiger partial charge in [-0.25, -0.2) is 4.79 Å². The van der Waals surface area contributed by atoms with Crippen molar-refractivity contribution in [3.8, 4) is 0 Å². The second kappa shape index (κ2) is 4.43. The van der Waals surface area contributed by atoms with Crippen LogP contribution in [0.5, 0.6) is 0 Å². The molecule has 0 aliphatic heterocycles. The third kappa shape index (κ3) is 1.75. The number of furan rings is 1. The molecule has 1 aromatic rings. The van der Waals surface area contributed by atoms with Crippen molar-refractivity contribution >= 4 is 5.97 Å². The molecule has 18 heavy (non-hydrogen) atoms. The first-order valence-electron chi connectivity index (χ1n) is 6.61. The lowest BCUT2D eigenvalue weighted by atomic mass is 10.0. The Bertz CT molecular complexity index is 444. The van der Waals surface area contributed by atoms with Crippen LogP contribution >= 0.6 is 0 Å². The molecule has 3 unspecified atom stereocenters. The van der Waals surface area contributed by atoms with Crippen LogP contribution in [-0.2, 0) is 4.74 Å². The van der Waals surface area contributed by atoms with E-state index in [1.165, 1.54) is 26.4 Å². The van der Waals surface area contributed by atoms with Crippen LogP contribution in [0.4, 0.5) is 0 Å². The van der Waals surface area contributed by atoms with Gasteiger partial charge < -0.3 is 14.5 Å². The highest BCUT2D eigenvalue weighted by Gasteiger charge is 2.56. The molecule has 0 radical (unpaired) electrons. The van der Waals surface area contributed by atoms with E-state index in [1.807, 2.05) is 13.1 Å².